The Labute approximate surface area is 549 Å². The number of hydrogen-bond acceptors (Lipinski definition) is 2. The van der Waals surface area contributed by atoms with Crippen molar-refractivity contribution in [1.82, 2.24) is 0 Å². The van der Waals surface area contributed by atoms with Crippen molar-refractivity contribution in [3.63, 3.8) is 0 Å². The van der Waals surface area contributed by atoms with Crippen LogP contribution in [-0.4, -0.2) is 0 Å². The van der Waals surface area contributed by atoms with Gasteiger partial charge in [0.25, 0.3) is 0 Å². The van der Waals surface area contributed by atoms with Crippen molar-refractivity contribution in [2.24, 2.45) is 0 Å². The molecule has 94 heavy (non-hydrogen) atoms. The van der Waals surface area contributed by atoms with Crippen molar-refractivity contribution in [2.45, 2.75) is 38.5 Å². The van der Waals surface area contributed by atoms with E-state index in [9.17, 15) is 0 Å². The second kappa shape index (κ2) is 21.5. The summed E-state index contributed by atoms with van der Waals surface area (Å²) in [5.41, 5.74) is 26.0. The molecule has 18 rings (SSSR count). The van der Waals surface area contributed by atoms with Gasteiger partial charge in [-0.1, -0.05) is 276 Å². The Bertz CT molecular complexity index is 5670. The molecular formula is C92H66N2. The fraction of sp³-hybridized carbons (Fsp3) is 0.0652. The Hall–Kier alpha value is -11.6. The number of para-hydroxylation sites is 2. The predicted octanol–water partition coefficient (Wildman–Crippen LogP) is 25.7. The molecule has 2 nitrogen and oxygen atoms in total. The van der Waals surface area contributed by atoms with Crippen LogP contribution in [0, 0.1) is 0 Å². The molecule has 0 unspecified atom stereocenters. The molecule has 2 aliphatic carbocycles. The molecule has 444 valence electrons. The molecule has 0 amide bonds. The fourth-order valence-electron chi connectivity index (χ4n) is 16.3. The minimum absolute atomic E-state index is 0.239. The maximum atomic E-state index is 2.52. The standard InChI is InChI=1S/C92H66N2/c1-91(2)83-39-21-19-35-71(83)75-49-51-77(73-37-23-41-85(91)89(73)75)87-80-48-46-69(94(66-33-15-8-16-34-66)70-55-63(59-25-9-5-10-26-59)53-64(56-70)60-27-11-6-12-28-60)58-82(80)88(78-52-50-76-72-36-20-22-40-84(72)92(3,4)86-42-24-38-74(78)90(76)86)79-47-45-68(57-81(79)87)93(65-31-13-7-14-32-65)67-44-43-61-29-17-18-30-62(61)54-67/h5-58H,1-4H3. The van der Waals surface area contributed by atoms with Crippen LogP contribution in [0.2, 0.25) is 0 Å². The number of nitrogens with zero attached hydrogens (tertiary/aromatic N) is 2. The van der Waals surface area contributed by atoms with Gasteiger partial charge in [-0.3, -0.25) is 0 Å². The van der Waals surface area contributed by atoms with Gasteiger partial charge < -0.3 is 9.80 Å². The first kappa shape index (κ1) is 55.3. The molecule has 0 saturated heterocycles. The van der Waals surface area contributed by atoms with Crippen molar-refractivity contribution >= 4 is 88.0 Å². The molecule has 0 aromatic heterocycles. The van der Waals surface area contributed by atoms with Crippen LogP contribution in [0.15, 0.2) is 328 Å². The summed E-state index contributed by atoms with van der Waals surface area (Å²) in [6.45, 7) is 9.63. The minimum Gasteiger partial charge on any atom is -0.310 e. The molecule has 0 heterocycles. The summed E-state index contributed by atoms with van der Waals surface area (Å²) in [5, 5.41) is 12.2. The molecule has 0 bridgehead atoms. The zero-order valence-corrected chi connectivity index (χ0v) is 53.1. The van der Waals surface area contributed by atoms with E-state index in [2.05, 4.69) is 365 Å². The lowest BCUT2D eigenvalue weighted by atomic mass is 9.67. The average Bonchev–Trinajstić information content (AvgIpc) is 0.706. The Morgan fingerprint density at radius 3 is 1.07 bits per heavy atom. The van der Waals surface area contributed by atoms with Gasteiger partial charge in [-0.15, -0.1) is 0 Å². The van der Waals surface area contributed by atoms with E-state index in [4.69, 9.17) is 0 Å². The third-order valence-corrected chi connectivity index (χ3v) is 20.8. The van der Waals surface area contributed by atoms with Crippen molar-refractivity contribution in [3.05, 3.63) is 350 Å². The number of benzene rings is 16. The molecule has 0 saturated carbocycles. The smallest absolute Gasteiger partial charge is 0.0473 e. The molecule has 16 aromatic rings. The van der Waals surface area contributed by atoms with Crippen LogP contribution in [-0.2, 0) is 10.8 Å². The van der Waals surface area contributed by atoms with Gasteiger partial charge in [0.15, 0.2) is 0 Å². The van der Waals surface area contributed by atoms with Crippen LogP contribution in [0.3, 0.4) is 0 Å². The van der Waals surface area contributed by atoms with E-state index in [0.29, 0.717) is 0 Å². The molecule has 2 aliphatic rings. The highest BCUT2D eigenvalue weighted by atomic mass is 15.1. The topological polar surface area (TPSA) is 6.48 Å². The maximum absolute atomic E-state index is 2.52. The first-order valence-corrected chi connectivity index (χ1v) is 33.0. The average molecular weight is 1200 g/mol. The molecule has 0 N–H and O–H groups in total. The third-order valence-electron chi connectivity index (χ3n) is 20.8. The summed E-state index contributed by atoms with van der Waals surface area (Å²) in [7, 11) is 0. The molecule has 0 spiro atoms. The van der Waals surface area contributed by atoms with E-state index in [1.54, 1.807) is 0 Å². The lowest BCUT2D eigenvalue weighted by Gasteiger charge is -2.36. The van der Waals surface area contributed by atoms with E-state index in [0.717, 1.165) is 45.3 Å². The van der Waals surface area contributed by atoms with Gasteiger partial charge in [0.1, 0.15) is 0 Å². The highest BCUT2D eigenvalue weighted by Crippen LogP contribution is 2.57. The van der Waals surface area contributed by atoms with Gasteiger partial charge in [-0.25, -0.2) is 0 Å². The molecule has 0 aliphatic heterocycles. The molecular weight excluding hydrogens is 1130 g/mol. The largest absolute Gasteiger partial charge is 0.310 e. The first-order valence-electron chi connectivity index (χ1n) is 33.0. The van der Waals surface area contributed by atoms with Gasteiger partial charge in [0.05, 0.1) is 0 Å². The first-order chi connectivity index (χ1) is 46.2. The summed E-state index contributed by atoms with van der Waals surface area (Å²) in [6, 6.07) is 123. The second-order valence-corrected chi connectivity index (χ2v) is 26.7. The lowest BCUT2D eigenvalue weighted by Crippen LogP contribution is -2.23. The Kier molecular flexibility index (Phi) is 12.7. The monoisotopic (exact) mass is 1200 g/mol. The zero-order chi connectivity index (χ0) is 62.8. The van der Waals surface area contributed by atoms with Crippen LogP contribution in [0.1, 0.15) is 49.9 Å². The van der Waals surface area contributed by atoms with Crippen LogP contribution >= 0.6 is 0 Å². The van der Waals surface area contributed by atoms with E-state index in [-0.39, 0.29) is 10.8 Å². The second-order valence-electron chi connectivity index (χ2n) is 26.7. The summed E-state index contributed by atoms with van der Waals surface area (Å²) in [4.78, 5) is 4.93. The Morgan fingerprint density at radius 1 is 0.202 bits per heavy atom. The highest BCUT2D eigenvalue weighted by molar-refractivity contribution is 6.28. The highest BCUT2D eigenvalue weighted by Gasteiger charge is 2.36. The van der Waals surface area contributed by atoms with Gasteiger partial charge in [0, 0.05) is 45.0 Å². The van der Waals surface area contributed by atoms with Crippen LogP contribution < -0.4 is 9.80 Å². The fourth-order valence-corrected chi connectivity index (χ4v) is 16.3. The summed E-state index contributed by atoms with van der Waals surface area (Å²) in [6.07, 6.45) is 0. The third kappa shape index (κ3) is 8.63. The van der Waals surface area contributed by atoms with Crippen LogP contribution in [0.5, 0.6) is 0 Å². The number of anilines is 6. The summed E-state index contributed by atoms with van der Waals surface area (Å²) in [5.74, 6) is 0. The van der Waals surface area contributed by atoms with E-state index in [1.807, 2.05) is 0 Å². The van der Waals surface area contributed by atoms with E-state index < -0.39 is 0 Å². The van der Waals surface area contributed by atoms with Gasteiger partial charge in [0.2, 0.25) is 0 Å². The van der Waals surface area contributed by atoms with Crippen LogP contribution in [0.25, 0.3) is 121 Å². The Balaban J connectivity index is 0.994. The van der Waals surface area contributed by atoms with Crippen LogP contribution in [0.4, 0.5) is 34.1 Å². The van der Waals surface area contributed by atoms with Crippen molar-refractivity contribution in [3.8, 4) is 66.8 Å². The molecule has 0 radical (unpaired) electrons. The van der Waals surface area contributed by atoms with Gasteiger partial charge >= 0.3 is 0 Å². The molecule has 0 atom stereocenters. The summed E-state index contributed by atoms with van der Waals surface area (Å²) < 4.78 is 0. The van der Waals surface area contributed by atoms with Crippen molar-refractivity contribution < 1.29 is 0 Å². The van der Waals surface area contributed by atoms with E-state index >= 15 is 0 Å². The lowest BCUT2D eigenvalue weighted by molar-refractivity contribution is 0.645. The maximum Gasteiger partial charge on any atom is 0.0473 e. The summed E-state index contributed by atoms with van der Waals surface area (Å²) >= 11 is 0. The van der Waals surface area contributed by atoms with Gasteiger partial charge in [-0.05, 0) is 222 Å². The van der Waals surface area contributed by atoms with Gasteiger partial charge in [-0.2, -0.15) is 0 Å². The van der Waals surface area contributed by atoms with E-state index in [1.165, 1.54) is 132 Å². The number of fused-ring (bicyclic) bond motifs is 7. The Morgan fingerprint density at radius 2 is 0.585 bits per heavy atom. The molecule has 0 fully saturated rings. The predicted molar refractivity (Wildman–Crippen MR) is 400 cm³/mol. The normalized spacial score (nSPS) is 13.3. The zero-order valence-electron chi connectivity index (χ0n) is 53.1. The number of hydrogen-bond donors (Lipinski definition) is 0. The molecule has 2 heteroatoms. The minimum atomic E-state index is -0.242. The quantitative estimate of drug-likeness (QED) is 0.126. The number of rotatable bonds is 10. The SMILES string of the molecule is CC1(C)c2ccccc2-c2ccc(-c3c4ccc(N(c5ccccc5)c5ccc6ccccc6c5)cc4c(-c4ccc5c6c(cccc46)C(C)(C)c4ccccc4-5)c4ccc(N(c5ccccc5)c5cc(-c6ccccc6)cc(-c6ccccc6)c5)cc34)c3cccc1c23. The van der Waals surface area contributed by atoms with Crippen molar-refractivity contribution in [2.75, 3.05) is 9.80 Å². The molecule has 16 aromatic carbocycles. The van der Waals surface area contributed by atoms with Crippen molar-refractivity contribution in [1.29, 1.82) is 0 Å².